The number of ether oxygens (including phenoxy) is 2. The van der Waals surface area contributed by atoms with Crippen LogP contribution in [-0.4, -0.2) is 36.8 Å². The third-order valence-corrected chi connectivity index (χ3v) is 7.94. The molecule has 5 rings (SSSR count). The van der Waals surface area contributed by atoms with E-state index in [9.17, 15) is 9.59 Å². The summed E-state index contributed by atoms with van der Waals surface area (Å²) in [5.74, 6) is 0.180. The molecule has 1 saturated heterocycles. The van der Waals surface area contributed by atoms with E-state index in [0.717, 1.165) is 41.9 Å². The molecule has 1 heterocycles. The van der Waals surface area contributed by atoms with E-state index in [1.165, 1.54) is 16.3 Å². The first-order chi connectivity index (χ1) is 20.9. The van der Waals surface area contributed by atoms with Gasteiger partial charge in [-0.3, -0.25) is 10.1 Å². The van der Waals surface area contributed by atoms with Gasteiger partial charge in [0.1, 0.15) is 11.4 Å². The Bertz CT molecular complexity index is 1610. The lowest BCUT2D eigenvalue weighted by Crippen LogP contribution is -2.34. The smallest absolute Gasteiger partial charge is 0.412 e. The fourth-order valence-corrected chi connectivity index (χ4v) is 5.95. The lowest BCUT2D eigenvalue weighted by atomic mass is 9.99. The zero-order chi connectivity index (χ0) is 31.4. The van der Waals surface area contributed by atoms with Crippen molar-refractivity contribution in [3.8, 4) is 5.75 Å². The zero-order valence-electron chi connectivity index (χ0n) is 26.6. The molecule has 4 aromatic carbocycles. The zero-order valence-corrected chi connectivity index (χ0v) is 26.6. The summed E-state index contributed by atoms with van der Waals surface area (Å²) in [5, 5.41) is 9.17. The van der Waals surface area contributed by atoms with Gasteiger partial charge in [-0.25, -0.2) is 4.79 Å². The van der Waals surface area contributed by atoms with Gasteiger partial charge in [-0.1, -0.05) is 54.6 Å². The molecule has 230 valence electrons. The highest BCUT2D eigenvalue weighted by Gasteiger charge is 2.25. The average molecular weight is 594 g/mol. The Hall–Kier alpha value is -4.36. The fraction of sp³-hybridized carbons (Fsp3) is 0.351. The molecular formula is C37H43N3O4. The van der Waals surface area contributed by atoms with Gasteiger partial charge in [-0.15, -0.1) is 0 Å². The number of amides is 1. The number of nitrogens with zero attached hydrogens (tertiary/aromatic N) is 1. The Kier molecular flexibility index (Phi) is 9.25. The van der Waals surface area contributed by atoms with Crippen LogP contribution in [-0.2, 0) is 16.0 Å². The maximum atomic E-state index is 12.9. The van der Waals surface area contributed by atoms with Gasteiger partial charge in [0.2, 0.25) is 0 Å². The number of carbonyl (C=O) groups is 2. The van der Waals surface area contributed by atoms with E-state index in [4.69, 9.17) is 9.47 Å². The number of hydrogen-bond donors (Lipinski definition) is 2. The van der Waals surface area contributed by atoms with Crippen molar-refractivity contribution in [2.75, 3.05) is 23.3 Å². The SMILES string of the molecule is Cc1cc(NC(=O)OC(C)(C)C)cc(C)c1OC(=O)Cc1ccc(N2CC[C@H](N[C@H](C)c3cccc4ccccc34)C2)cc1. The van der Waals surface area contributed by atoms with Gasteiger partial charge in [0, 0.05) is 36.5 Å². The van der Waals surface area contributed by atoms with Gasteiger partial charge >= 0.3 is 12.1 Å². The van der Waals surface area contributed by atoms with Crippen molar-refractivity contribution in [2.24, 2.45) is 0 Å². The van der Waals surface area contributed by atoms with Crippen molar-refractivity contribution in [1.29, 1.82) is 0 Å². The second kappa shape index (κ2) is 13.1. The predicted octanol–water partition coefficient (Wildman–Crippen LogP) is 7.88. The third kappa shape index (κ3) is 7.77. The summed E-state index contributed by atoms with van der Waals surface area (Å²) in [4.78, 5) is 27.4. The Balaban J connectivity index is 1.14. The van der Waals surface area contributed by atoms with Crippen LogP contribution in [0.25, 0.3) is 10.8 Å². The number of rotatable bonds is 8. The van der Waals surface area contributed by atoms with E-state index in [1.54, 1.807) is 12.1 Å². The van der Waals surface area contributed by atoms with E-state index in [2.05, 4.69) is 77.1 Å². The van der Waals surface area contributed by atoms with Gasteiger partial charge in [-0.05, 0) is 105 Å². The molecule has 0 spiro atoms. The molecule has 0 aliphatic carbocycles. The van der Waals surface area contributed by atoms with Crippen LogP contribution in [0.1, 0.15) is 62.4 Å². The molecule has 7 heteroatoms. The Labute approximate surface area is 260 Å². The van der Waals surface area contributed by atoms with E-state index < -0.39 is 11.7 Å². The Morgan fingerprint density at radius 1 is 0.955 bits per heavy atom. The molecule has 7 nitrogen and oxygen atoms in total. The number of fused-ring (bicyclic) bond motifs is 1. The lowest BCUT2D eigenvalue weighted by molar-refractivity contribution is -0.133. The summed E-state index contributed by atoms with van der Waals surface area (Å²) in [7, 11) is 0. The molecule has 0 unspecified atom stereocenters. The minimum Gasteiger partial charge on any atom is -0.444 e. The lowest BCUT2D eigenvalue weighted by Gasteiger charge is -2.23. The van der Waals surface area contributed by atoms with Crippen LogP contribution in [0, 0.1) is 13.8 Å². The monoisotopic (exact) mass is 593 g/mol. The fourth-order valence-electron chi connectivity index (χ4n) is 5.95. The number of esters is 1. The molecule has 0 saturated carbocycles. The molecule has 2 atom stereocenters. The summed E-state index contributed by atoms with van der Waals surface area (Å²) in [6, 6.07) is 27.5. The maximum absolute atomic E-state index is 12.9. The Morgan fingerprint density at radius 2 is 1.64 bits per heavy atom. The van der Waals surface area contributed by atoms with Gasteiger partial charge in [-0.2, -0.15) is 0 Å². The molecule has 1 amide bonds. The number of aryl methyl sites for hydroxylation is 2. The first-order valence-electron chi connectivity index (χ1n) is 15.3. The first kappa shape index (κ1) is 31.1. The number of nitrogens with one attached hydrogen (secondary N) is 2. The predicted molar refractivity (Wildman–Crippen MR) is 178 cm³/mol. The number of benzene rings is 4. The van der Waals surface area contributed by atoms with Crippen LogP contribution in [0.2, 0.25) is 0 Å². The van der Waals surface area contributed by atoms with Crippen LogP contribution in [0.4, 0.5) is 16.2 Å². The van der Waals surface area contributed by atoms with E-state index in [1.807, 2.05) is 46.8 Å². The van der Waals surface area contributed by atoms with Gasteiger partial charge < -0.3 is 19.7 Å². The number of hydrogen-bond acceptors (Lipinski definition) is 6. The van der Waals surface area contributed by atoms with Crippen LogP contribution in [0.3, 0.4) is 0 Å². The molecule has 0 radical (unpaired) electrons. The summed E-state index contributed by atoms with van der Waals surface area (Å²) in [5.41, 5.74) is 4.90. The summed E-state index contributed by atoms with van der Waals surface area (Å²) in [6.45, 7) is 13.3. The van der Waals surface area contributed by atoms with Crippen molar-refractivity contribution >= 4 is 34.2 Å². The van der Waals surface area contributed by atoms with Crippen molar-refractivity contribution < 1.29 is 19.1 Å². The highest BCUT2D eigenvalue weighted by molar-refractivity contribution is 5.86. The maximum Gasteiger partial charge on any atom is 0.412 e. The molecule has 1 aliphatic heterocycles. The molecule has 44 heavy (non-hydrogen) atoms. The van der Waals surface area contributed by atoms with Gasteiger partial charge in [0.05, 0.1) is 6.42 Å². The van der Waals surface area contributed by atoms with Crippen molar-refractivity contribution in [2.45, 2.75) is 72.1 Å². The van der Waals surface area contributed by atoms with Gasteiger partial charge in [0.15, 0.2) is 0 Å². The second-order valence-electron chi connectivity index (χ2n) is 12.8. The highest BCUT2D eigenvalue weighted by Crippen LogP contribution is 2.29. The first-order valence-corrected chi connectivity index (χ1v) is 15.3. The van der Waals surface area contributed by atoms with Crippen LogP contribution >= 0.6 is 0 Å². The highest BCUT2D eigenvalue weighted by atomic mass is 16.6. The molecule has 2 N–H and O–H groups in total. The van der Waals surface area contributed by atoms with E-state index >= 15 is 0 Å². The van der Waals surface area contributed by atoms with E-state index in [-0.39, 0.29) is 18.4 Å². The molecule has 0 bridgehead atoms. The normalized spacial score (nSPS) is 15.7. The van der Waals surface area contributed by atoms with Crippen molar-refractivity contribution in [3.63, 3.8) is 0 Å². The third-order valence-electron chi connectivity index (χ3n) is 7.94. The summed E-state index contributed by atoms with van der Waals surface area (Å²) >= 11 is 0. The number of anilines is 2. The minimum absolute atomic E-state index is 0.170. The molecule has 0 aromatic heterocycles. The van der Waals surface area contributed by atoms with Gasteiger partial charge in [0.25, 0.3) is 0 Å². The molecule has 1 fully saturated rings. The second-order valence-corrected chi connectivity index (χ2v) is 12.8. The van der Waals surface area contributed by atoms with Crippen LogP contribution < -0.4 is 20.3 Å². The van der Waals surface area contributed by atoms with Crippen molar-refractivity contribution in [3.05, 3.63) is 101 Å². The molecule has 1 aliphatic rings. The molecule has 4 aromatic rings. The van der Waals surface area contributed by atoms with Crippen LogP contribution in [0.5, 0.6) is 5.75 Å². The standard InChI is InChI=1S/C37H43N3O4/c1-24-20-30(39-36(42)44-37(4,5)6)21-25(2)35(24)43-34(41)22-27-14-16-31(17-15-27)40-19-18-29(23-40)38-26(3)32-13-9-11-28-10-7-8-12-33(28)32/h7-17,20-21,26,29,38H,18-19,22-23H2,1-6H3,(H,39,42)/t26-,29+/m1/s1. The Morgan fingerprint density at radius 3 is 2.34 bits per heavy atom. The average Bonchev–Trinajstić information content (AvgIpc) is 3.42. The summed E-state index contributed by atoms with van der Waals surface area (Å²) < 4.78 is 11.1. The van der Waals surface area contributed by atoms with E-state index in [0.29, 0.717) is 17.5 Å². The quantitative estimate of drug-likeness (QED) is 0.160. The largest absolute Gasteiger partial charge is 0.444 e. The minimum atomic E-state index is -0.590. The number of carbonyl (C=O) groups excluding carboxylic acids is 2. The topological polar surface area (TPSA) is 79.9 Å². The van der Waals surface area contributed by atoms with Crippen LogP contribution in [0.15, 0.2) is 78.9 Å². The summed E-state index contributed by atoms with van der Waals surface area (Å²) in [6.07, 6.45) is 0.721. The molecular weight excluding hydrogens is 550 g/mol. The van der Waals surface area contributed by atoms with Crippen molar-refractivity contribution in [1.82, 2.24) is 5.32 Å².